The standard InChI is InChI=1S/C17H24N4O3S/c1-12-10-20(11-13(2)24-12)25(22,23)21-9-5-8-16(21)17-18-14-6-3-4-7-15(14)19-17/h3-4,6-7,12-13,16H,5,8-11H2,1-2H3,(H,18,19)/t12-,13+,16-/m0/s1. The van der Waals surface area contributed by atoms with Gasteiger partial charge >= 0.3 is 0 Å². The molecule has 0 saturated carbocycles. The van der Waals surface area contributed by atoms with Crippen LogP contribution in [0.2, 0.25) is 0 Å². The van der Waals surface area contributed by atoms with Crippen molar-refractivity contribution in [1.29, 1.82) is 0 Å². The molecule has 25 heavy (non-hydrogen) atoms. The van der Waals surface area contributed by atoms with E-state index in [9.17, 15) is 8.42 Å². The number of hydrogen-bond donors (Lipinski definition) is 1. The first-order valence-electron chi connectivity index (χ1n) is 8.82. The number of hydrogen-bond acceptors (Lipinski definition) is 4. The number of benzene rings is 1. The molecule has 136 valence electrons. The first-order valence-corrected chi connectivity index (χ1v) is 10.2. The Morgan fingerprint density at radius 2 is 1.92 bits per heavy atom. The van der Waals surface area contributed by atoms with Gasteiger partial charge in [0.2, 0.25) is 0 Å². The van der Waals surface area contributed by atoms with Crippen LogP contribution in [0.25, 0.3) is 11.0 Å². The van der Waals surface area contributed by atoms with Crippen molar-refractivity contribution in [2.75, 3.05) is 19.6 Å². The van der Waals surface area contributed by atoms with Gasteiger partial charge in [-0.05, 0) is 38.8 Å². The van der Waals surface area contributed by atoms with Gasteiger partial charge in [0.25, 0.3) is 10.2 Å². The topological polar surface area (TPSA) is 78.5 Å². The maximum absolute atomic E-state index is 13.2. The zero-order valence-electron chi connectivity index (χ0n) is 14.6. The second-order valence-corrected chi connectivity index (χ2v) is 8.87. The largest absolute Gasteiger partial charge is 0.373 e. The van der Waals surface area contributed by atoms with Crippen LogP contribution in [-0.2, 0) is 14.9 Å². The molecule has 0 radical (unpaired) electrons. The van der Waals surface area contributed by atoms with Gasteiger partial charge in [-0.25, -0.2) is 4.98 Å². The van der Waals surface area contributed by atoms with E-state index in [-0.39, 0.29) is 18.2 Å². The predicted octanol–water partition coefficient (Wildman–Crippen LogP) is 2.05. The number of aromatic nitrogens is 2. The lowest BCUT2D eigenvalue weighted by Crippen LogP contribution is -2.52. The SMILES string of the molecule is C[C@@H]1CN(S(=O)(=O)N2CCC[C@H]2c2nc3ccccc3[nH]2)C[C@H](C)O1. The smallest absolute Gasteiger partial charge is 0.282 e. The maximum Gasteiger partial charge on any atom is 0.282 e. The third-order valence-electron chi connectivity index (χ3n) is 4.94. The van der Waals surface area contributed by atoms with Crippen LogP contribution in [0.4, 0.5) is 0 Å². The minimum absolute atomic E-state index is 0.0919. The molecule has 3 heterocycles. The fraction of sp³-hybridized carbons (Fsp3) is 0.588. The van der Waals surface area contributed by atoms with Crippen molar-refractivity contribution in [1.82, 2.24) is 18.6 Å². The molecule has 2 aliphatic heterocycles. The Balaban J connectivity index is 1.64. The van der Waals surface area contributed by atoms with Crippen molar-refractivity contribution in [3.63, 3.8) is 0 Å². The molecule has 8 heteroatoms. The number of H-pyrrole nitrogens is 1. The summed E-state index contributed by atoms with van der Waals surface area (Å²) in [4.78, 5) is 7.93. The van der Waals surface area contributed by atoms with E-state index < -0.39 is 10.2 Å². The van der Waals surface area contributed by atoms with Crippen LogP contribution < -0.4 is 0 Å². The molecule has 1 aromatic carbocycles. The maximum atomic E-state index is 13.2. The third-order valence-corrected chi connectivity index (χ3v) is 6.92. The fourth-order valence-corrected chi connectivity index (χ4v) is 5.87. The second kappa shape index (κ2) is 6.35. The summed E-state index contributed by atoms with van der Waals surface area (Å²) in [5.74, 6) is 0.733. The van der Waals surface area contributed by atoms with Gasteiger partial charge in [0.15, 0.2) is 0 Å². The number of fused-ring (bicyclic) bond motifs is 1. The Hall–Kier alpha value is -1.48. The first-order chi connectivity index (χ1) is 11.9. The quantitative estimate of drug-likeness (QED) is 0.904. The molecule has 1 aromatic heterocycles. The minimum atomic E-state index is -3.54. The Bertz CT molecular complexity index is 823. The van der Waals surface area contributed by atoms with Gasteiger partial charge in [0, 0.05) is 19.6 Å². The average Bonchev–Trinajstić information content (AvgIpc) is 3.20. The van der Waals surface area contributed by atoms with Crippen LogP contribution in [0.5, 0.6) is 0 Å². The van der Waals surface area contributed by atoms with E-state index in [1.165, 1.54) is 0 Å². The molecule has 0 amide bonds. The molecule has 1 N–H and O–H groups in total. The Kier molecular flexibility index (Phi) is 4.31. The molecule has 4 rings (SSSR count). The summed E-state index contributed by atoms with van der Waals surface area (Å²) in [6, 6.07) is 7.56. The van der Waals surface area contributed by atoms with E-state index in [4.69, 9.17) is 4.74 Å². The van der Waals surface area contributed by atoms with Gasteiger partial charge in [-0.15, -0.1) is 0 Å². The highest BCUT2D eigenvalue weighted by Gasteiger charge is 2.42. The van der Waals surface area contributed by atoms with E-state index in [2.05, 4.69) is 9.97 Å². The molecule has 0 unspecified atom stereocenters. The summed E-state index contributed by atoms with van der Waals surface area (Å²) in [5.41, 5.74) is 1.81. The Labute approximate surface area is 148 Å². The summed E-state index contributed by atoms with van der Waals surface area (Å²) in [5, 5.41) is 0. The van der Waals surface area contributed by atoms with Gasteiger partial charge in [-0.3, -0.25) is 0 Å². The zero-order valence-corrected chi connectivity index (χ0v) is 15.4. The first kappa shape index (κ1) is 17.0. The van der Waals surface area contributed by atoms with Gasteiger partial charge in [0.05, 0.1) is 29.3 Å². The van der Waals surface area contributed by atoms with Gasteiger partial charge < -0.3 is 9.72 Å². The summed E-state index contributed by atoms with van der Waals surface area (Å²) < 4.78 is 35.3. The highest BCUT2D eigenvalue weighted by Crippen LogP contribution is 2.35. The number of morpholine rings is 1. The molecule has 2 saturated heterocycles. The molecular formula is C17H24N4O3S. The summed E-state index contributed by atoms with van der Waals surface area (Å²) in [6.07, 6.45) is 1.45. The average molecular weight is 364 g/mol. The Morgan fingerprint density at radius 3 is 2.64 bits per heavy atom. The lowest BCUT2D eigenvalue weighted by atomic mass is 10.2. The van der Waals surface area contributed by atoms with E-state index >= 15 is 0 Å². The van der Waals surface area contributed by atoms with Crippen molar-refractivity contribution < 1.29 is 13.2 Å². The van der Waals surface area contributed by atoms with Gasteiger partial charge in [-0.2, -0.15) is 17.0 Å². The second-order valence-electron chi connectivity index (χ2n) is 6.99. The van der Waals surface area contributed by atoms with Crippen molar-refractivity contribution in [3.8, 4) is 0 Å². The minimum Gasteiger partial charge on any atom is -0.373 e. The monoisotopic (exact) mass is 364 g/mol. The zero-order chi connectivity index (χ0) is 17.6. The molecule has 2 fully saturated rings. The summed E-state index contributed by atoms with van der Waals surface area (Å²) in [7, 11) is -3.54. The highest BCUT2D eigenvalue weighted by atomic mass is 32.2. The van der Waals surface area contributed by atoms with Crippen molar-refractivity contribution in [2.24, 2.45) is 0 Å². The lowest BCUT2D eigenvalue weighted by Gasteiger charge is -2.37. The predicted molar refractivity (Wildman–Crippen MR) is 95.3 cm³/mol. The van der Waals surface area contributed by atoms with Crippen LogP contribution in [0.15, 0.2) is 24.3 Å². The number of nitrogens with one attached hydrogen (secondary N) is 1. The van der Waals surface area contributed by atoms with Crippen LogP contribution in [-0.4, -0.2) is 58.8 Å². The molecule has 0 aliphatic carbocycles. The normalized spacial score (nSPS) is 29.4. The van der Waals surface area contributed by atoms with Crippen LogP contribution in [0, 0.1) is 0 Å². The lowest BCUT2D eigenvalue weighted by molar-refractivity contribution is -0.0455. The van der Waals surface area contributed by atoms with Crippen LogP contribution in [0.1, 0.15) is 38.6 Å². The van der Waals surface area contributed by atoms with Crippen molar-refractivity contribution in [2.45, 2.75) is 44.9 Å². The number of rotatable bonds is 3. The van der Waals surface area contributed by atoms with Crippen molar-refractivity contribution >= 4 is 21.2 Å². The van der Waals surface area contributed by atoms with Gasteiger partial charge in [0.1, 0.15) is 5.82 Å². The van der Waals surface area contributed by atoms with E-state index in [1.54, 1.807) is 8.61 Å². The van der Waals surface area contributed by atoms with E-state index in [0.29, 0.717) is 19.6 Å². The molecular weight excluding hydrogens is 340 g/mol. The molecule has 2 aliphatic rings. The molecule has 0 spiro atoms. The molecule has 3 atom stereocenters. The summed E-state index contributed by atoms with van der Waals surface area (Å²) >= 11 is 0. The molecule has 2 aromatic rings. The number of para-hydroxylation sites is 2. The van der Waals surface area contributed by atoms with E-state index in [1.807, 2.05) is 38.1 Å². The third kappa shape index (κ3) is 3.08. The van der Waals surface area contributed by atoms with Crippen molar-refractivity contribution in [3.05, 3.63) is 30.1 Å². The van der Waals surface area contributed by atoms with E-state index in [0.717, 1.165) is 29.7 Å². The molecule has 7 nitrogen and oxygen atoms in total. The number of ether oxygens (including phenoxy) is 1. The number of imidazole rings is 1. The highest BCUT2D eigenvalue weighted by molar-refractivity contribution is 7.86. The van der Waals surface area contributed by atoms with Gasteiger partial charge in [-0.1, -0.05) is 12.1 Å². The molecule has 0 bridgehead atoms. The summed E-state index contributed by atoms with van der Waals surface area (Å²) in [6.45, 7) is 5.16. The van der Waals surface area contributed by atoms with Crippen LogP contribution >= 0.6 is 0 Å². The Morgan fingerprint density at radius 1 is 1.20 bits per heavy atom. The number of aromatic amines is 1. The fourth-order valence-electron chi connectivity index (χ4n) is 3.89. The number of nitrogens with zero attached hydrogens (tertiary/aromatic N) is 3. The van der Waals surface area contributed by atoms with Crippen LogP contribution in [0.3, 0.4) is 0 Å².